The van der Waals surface area contributed by atoms with Crippen LogP contribution < -0.4 is 4.74 Å². The number of ether oxygens (including phenoxy) is 1. The van der Waals surface area contributed by atoms with E-state index in [2.05, 4.69) is 10.2 Å². The summed E-state index contributed by atoms with van der Waals surface area (Å²) in [4.78, 5) is 59.1. The Labute approximate surface area is 255 Å². The highest BCUT2D eigenvalue weighted by Gasteiger charge is 2.31. The molecular formula is C32H48N6O5. The third-order valence-corrected chi connectivity index (χ3v) is 8.30. The Morgan fingerprint density at radius 3 is 2.47 bits per heavy atom. The van der Waals surface area contributed by atoms with Gasteiger partial charge in [-0.15, -0.1) is 0 Å². The van der Waals surface area contributed by atoms with Gasteiger partial charge >= 0.3 is 0 Å². The molecule has 1 aliphatic rings. The van der Waals surface area contributed by atoms with Crippen LogP contribution in [-0.4, -0.2) is 113 Å². The van der Waals surface area contributed by atoms with Crippen LogP contribution in [0.3, 0.4) is 0 Å². The number of aromatic nitrogens is 2. The van der Waals surface area contributed by atoms with Crippen molar-refractivity contribution in [1.82, 2.24) is 29.8 Å². The molecule has 0 saturated carbocycles. The molecule has 0 aliphatic carbocycles. The highest BCUT2D eigenvalue weighted by Crippen LogP contribution is 2.23. The predicted molar refractivity (Wildman–Crippen MR) is 165 cm³/mol. The summed E-state index contributed by atoms with van der Waals surface area (Å²) in [5.41, 5.74) is 3.38. The van der Waals surface area contributed by atoms with Crippen LogP contribution in [0.1, 0.15) is 72.8 Å². The molecule has 1 atom stereocenters. The zero-order chi connectivity index (χ0) is 31.5. The van der Waals surface area contributed by atoms with Crippen molar-refractivity contribution in [2.75, 3.05) is 53.9 Å². The normalized spacial score (nSPS) is 17.4. The van der Waals surface area contributed by atoms with Gasteiger partial charge in [0.05, 0.1) is 17.9 Å². The number of nitrogens with zero attached hydrogens (tertiary/aromatic N) is 5. The van der Waals surface area contributed by atoms with Crippen molar-refractivity contribution in [3.8, 4) is 5.75 Å². The van der Waals surface area contributed by atoms with Gasteiger partial charge in [0, 0.05) is 66.4 Å². The molecule has 43 heavy (non-hydrogen) atoms. The molecule has 1 N–H and O–H groups in total. The quantitative estimate of drug-likeness (QED) is 0.525. The molecule has 1 aliphatic heterocycles. The third-order valence-electron chi connectivity index (χ3n) is 8.30. The Kier molecular flexibility index (Phi) is 12.6. The van der Waals surface area contributed by atoms with Crippen LogP contribution in [0, 0.1) is 13.8 Å². The maximum Gasteiger partial charge on any atom is 0.258 e. The first-order valence-electron chi connectivity index (χ1n) is 15.2. The summed E-state index contributed by atoms with van der Waals surface area (Å²) in [7, 11) is 5.14. The number of carbonyl (C=O) groups excluding carboxylic acids is 4. The number of rotatable bonds is 7. The number of amides is 4. The van der Waals surface area contributed by atoms with E-state index in [0.29, 0.717) is 76.2 Å². The van der Waals surface area contributed by atoms with E-state index in [4.69, 9.17) is 4.74 Å². The molecule has 0 fully saturated rings. The molecule has 1 aromatic carbocycles. The van der Waals surface area contributed by atoms with Gasteiger partial charge in [0.25, 0.3) is 5.91 Å². The van der Waals surface area contributed by atoms with Crippen molar-refractivity contribution in [3.63, 3.8) is 0 Å². The van der Waals surface area contributed by atoms with Crippen molar-refractivity contribution in [3.05, 3.63) is 46.8 Å². The first kappa shape index (κ1) is 33.6. The molecule has 0 unspecified atom stereocenters. The number of likely N-dealkylation sites (N-methyl/N-ethyl adjacent to an activating group) is 2. The summed E-state index contributed by atoms with van der Waals surface area (Å²) >= 11 is 0. The van der Waals surface area contributed by atoms with Crippen LogP contribution in [0.15, 0.2) is 24.3 Å². The number of carbonyl (C=O) groups is 4. The van der Waals surface area contributed by atoms with E-state index in [1.165, 1.54) is 11.8 Å². The van der Waals surface area contributed by atoms with E-state index in [1.54, 1.807) is 49.1 Å². The molecule has 11 heteroatoms. The van der Waals surface area contributed by atoms with E-state index >= 15 is 0 Å². The molecule has 1 aromatic heterocycles. The van der Waals surface area contributed by atoms with Gasteiger partial charge in [-0.1, -0.05) is 12.1 Å². The average Bonchev–Trinajstić information content (AvgIpc) is 3.31. The van der Waals surface area contributed by atoms with Crippen LogP contribution in [0.2, 0.25) is 0 Å². The monoisotopic (exact) mass is 596 g/mol. The summed E-state index contributed by atoms with van der Waals surface area (Å²) in [6, 6.07) is 6.37. The number of benzene rings is 1. The van der Waals surface area contributed by atoms with E-state index in [0.717, 1.165) is 29.8 Å². The molecule has 236 valence electrons. The third kappa shape index (κ3) is 9.30. The van der Waals surface area contributed by atoms with E-state index in [1.807, 2.05) is 24.8 Å². The lowest BCUT2D eigenvalue weighted by Crippen LogP contribution is -2.49. The van der Waals surface area contributed by atoms with Gasteiger partial charge in [0.1, 0.15) is 11.8 Å². The highest BCUT2D eigenvalue weighted by atomic mass is 16.5. The molecule has 0 spiro atoms. The van der Waals surface area contributed by atoms with Crippen LogP contribution in [0.5, 0.6) is 5.75 Å². The van der Waals surface area contributed by atoms with Gasteiger partial charge < -0.3 is 24.3 Å². The summed E-state index contributed by atoms with van der Waals surface area (Å²) < 4.78 is 6.07. The highest BCUT2D eigenvalue weighted by molar-refractivity contribution is 5.99. The van der Waals surface area contributed by atoms with Crippen molar-refractivity contribution in [2.24, 2.45) is 0 Å². The number of hydrogen-bond acceptors (Lipinski definition) is 6. The topological polar surface area (TPSA) is 119 Å². The van der Waals surface area contributed by atoms with Gasteiger partial charge in [-0.3, -0.25) is 24.3 Å². The number of para-hydroxylation sites is 1. The van der Waals surface area contributed by atoms with E-state index in [9.17, 15) is 19.2 Å². The number of fused-ring (bicyclic) bond motifs is 1. The van der Waals surface area contributed by atoms with E-state index in [-0.39, 0.29) is 23.6 Å². The molecule has 0 saturated heterocycles. The standard InChI is InChI=1S/C32H48N6O5/c1-23-26(24(2)34-33-23)16-17-30(40)38-20-10-9-18-36(5)32(42)28(14-11-19-35(4)25(3)39)37(6)31(41)27-13-7-8-15-29(27)43-22-12-21-38/h7-8,13,15,28H,9-12,14,16-22H2,1-6H3,(H,33,34)/t28-/m0/s1. The number of H-pyrrole nitrogens is 1. The minimum atomic E-state index is -0.688. The van der Waals surface area contributed by atoms with Crippen molar-refractivity contribution >= 4 is 23.6 Å². The molecular weight excluding hydrogens is 548 g/mol. The summed E-state index contributed by atoms with van der Waals surface area (Å²) in [6.07, 6.45) is 4.12. The Balaban J connectivity index is 1.77. The zero-order valence-corrected chi connectivity index (χ0v) is 26.6. The molecule has 11 nitrogen and oxygen atoms in total. The number of nitrogens with one attached hydrogen (secondary N) is 1. The Morgan fingerprint density at radius 2 is 1.77 bits per heavy atom. The Bertz CT molecular complexity index is 1240. The molecule has 2 aromatic rings. The molecule has 3 rings (SSSR count). The van der Waals surface area contributed by atoms with E-state index < -0.39 is 6.04 Å². The fraction of sp³-hybridized carbons (Fsp3) is 0.594. The first-order valence-corrected chi connectivity index (χ1v) is 15.2. The van der Waals surface area contributed by atoms with Gasteiger partial charge in [-0.25, -0.2) is 0 Å². The van der Waals surface area contributed by atoms with Crippen molar-refractivity contribution in [2.45, 2.75) is 71.8 Å². The SMILES string of the molecule is CC(=O)N(C)CCC[C@H]1C(=O)N(C)CCCCN(C(=O)CCc2c(C)n[nH]c2C)CCCOc2ccccc2C(=O)N1C. The number of aryl methyl sites for hydroxylation is 2. The van der Waals surface area contributed by atoms with Crippen LogP contribution in [0.25, 0.3) is 0 Å². The summed E-state index contributed by atoms with van der Waals surface area (Å²) in [5, 5.41) is 7.23. The average molecular weight is 597 g/mol. The fourth-order valence-electron chi connectivity index (χ4n) is 5.41. The van der Waals surface area contributed by atoms with Gasteiger partial charge in [-0.05, 0) is 70.1 Å². The minimum Gasteiger partial charge on any atom is -0.493 e. The smallest absolute Gasteiger partial charge is 0.258 e. The predicted octanol–water partition coefficient (Wildman–Crippen LogP) is 3.21. The largest absolute Gasteiger partial charge is 0.493 e. The first-order chi connectivity index (χ1) is 20.5. The maximum absolute atomic E-state index is 13.7. The zero-order valence-electron chi connectivity index (χ0n) is 26.6. The van der Waals surface area contributed by atoms with Gasteiger partial charge in [-0.2, -0.15) is 5.10 Å². The van der Waals surface area contributed by atoms with Gasteiger partial charge in [0.2, 0.25) is 17.7 Å². The lowest BCUT2D eigenvalue weighted by Gasteiger charge is -2.32. The molecule has 2 heterocycles. The second kappa shape index (κ2) is 16.1. The number of hydrogen-bond donors (Lipinski definition) is 1. The van der Waals surface area contributed by atoms with Crippen LogP contribution in [-0.2, 0) is 20.8 Å². The lowest BCUT2D eigenvalue weighted by molar-refractivity contribution is -0.135. The molecule has 0 radical (unpaired) electrons. The van der Waals surface area contributed by atoms with Gasteiger partial charge in [0.15, 0.2) is 0 Å². The lowest BCUT2D eigenvalue weighted by atomic mass is 10.1. The van der Waals surface area contributed by atoms with Crippen LogP contribution >= 0.6 is 0 Å². The summed E-state index contributed by atoms with van der Waals surface area (Å²) in [6.45, 7) is 7.92. The number of aromatic amines is 1. The molecule has 0 bridgehead atoms. The van der Waals surface area contributed by atoms with Crippen LogP contribution in [0.4, 0.5) is 0 Å². The summed E-state index contributed by atoms with van der Waals surface area (Å²) in [5.74, 6) is 0.0437. The Hall–Kier alpha value is -3.89. The van der Waals surface area contributed by atoms with Crippen molar-refractivity contribution in [1.29, 1.82) is 0 Å². The van der Waals surface area contributed by atoms with Crippen molar-refractivity contribution < 1.29 is 23.9 Å². The maximum atomic E-state index is 13.7. The molecule has 4 amide bonds. The second-order valence-corrected chi connectivity index (χ2v) is 11.5. The Morgan fingerprint density at radius 1 is 1.07 bits per heavy atom. The minimum absolute atomic E-state index is 0.0452. The second-order valence-electron chi connectivity index (χ2n) is 11.5. The fourth-order valence-corrected chi connectivity index (χ4v) is 5.41.